The van der Waals surface area contributed by atoms with Crippen LogP contribution in [0.2, 0.25) is 0 Å². The van der Waals surface area contributed by atoms with Gasteiger partial charge in [-0.25, -0.2) is 0 Å². The molecule has 3 heteroatoms. The molecule has 0 aliphatic carbocycles. The fourth-order valence-corrected chi connectivity index (χ4v) is 6.35. The van der Waals surface area contributed by atoms with Crippen LogP contribution in [-0.4, -0.2) is 9.38 Å². The number of rotatable bonds is 2. The zero-order valence-electron chi connectivity index (χ0n) is 20.3. The molecule has 0 saturated heterocycles. The van der Waals surface area contributed by atoms with Gasteiger partial charge in [-0.1, -0.05) is 97.1 Å². The Kier molecular flexibility index (Phi) is 3.79. The van der Waals surface area contributed by atoms with Crippen LogP contribution in [0.3, 0.4) is 0 Å². The van der Waals surface area contributed by atoms with Gasteiger partial charge in [0.2, 0.25) is 0 Å². The third kappa shape index (κ3) is 2.50. The van der Waals surface area contributed by atoms with Gasteiger partial charge in [-0.15, -0.1) is 0 Å². The Morgan fingerprint density at radius 3 is 2.11 bits per heavy atom. The number of hydrogen-bond acceptors (Lipinski definition) is 2. The van der Waals surface area contributed by atoms with Crippen LogP contribution in [0, 0.1) is 0 Å². The van der Waals surface area contributed by atoms with E-state index < -0.39 is 0 Å². The highest BCUT2D eigenvalue weighted by atomic mass is 16.3. The molecule has 176 valence electrons. The van der Waals surface area contributed by atoms with Gasteiger partial charge in [-0.2, -0.15) is 0 Å². The van der Waals surface area contributed by atoms with Crippen LogP contribution in [0.5, 0.6) is 0 Å². The van der Waals surface area contributed by atoms with Gasteiger partial charge in [-0.05, 0) is 23.8 Å². The van der Waals surface area contributed by atoms with E-state index in [1.165, 1.54) is 38.1 Å². The standard InChI is InChI=1S/C35H20N2O/c1-2-8-21(9-3-1)32-35-29(18-19-36-32)28-14-6-11-23(34(28)38-35)22-16-17-25-27-13-7-12-26-24-10-4-5-15-30(24)37(33(26)27)31(25)20-22/h1-20H. The molecule has 38 heavy (non-hydrogen) atoms. The summed E-state index contributed by atoms with van der Waals surface area (Å²) in [5.41, 5.74) is 9.62. The molecule has 0 saturated carbocycles. The van der Waals surface area contributed by atoms with Gasteiger partial charge in [-0.3, -0.25) is 4.98 Å². The number of fused-ring (bicyclic) bond motifs is 9. The molecule has 0 aliphatic heterocycles. The van der Waals surface area contributed by atoms with Crippen molar-refractivity contribution in [3.05, 3.63) is 121 Å². The molecule has 0 spiro atoms. The van der Waals surface area contributed by atoms with Gasteiger partial charge in [0.25, 0.3) is 0 Å². The maximum absolute atomic E-state index is 6.65. The summed E-state index contributed by atoms with van der Waals surface area (Å²) < 4.78 is 9.07. The molecule has 9 aromatic rings. The van der Waals surface area contributed by atoms with Crippen LogP contribution in [-0.2, 0) is 0 Å². The van der Waals surface area contributed by atoms with E-state index >= 15 is 0 Å². The van der Waals surface area contributed by atoms with E-state index in [1.54, 1.807) is 0 Å². The zero-order valence-corrected chi connectivity index (χ0v) is 20.3. The lowest BCUT2D eigenvalue weighted by atomic mass is 10.0. The van der Waals surface area contributed by atoms with Crippen molar-refractivity contribution < 1.29 is 4.42 Å². The molecular weight excluding hydrogens is 464 g/mol. The first-order valence-corrected chi connectivity index (χ1v) is 12.9. The van der Waals surface area contributed by atoms with Crippen LogP contribution in [0.15, 0.2) is 126 Å². The summed E-state index contributed by atoms with van der Waals surface area (Å²) >= 11 is 0. The maximum Gasteiger partial charge on any atom is 0.161 e. The smallest absolute Gasteiger partial charge is 0.161 e. The highest BCUT2D eigenvalue weighted by Crippen LogP contribution is 2.42. The minimum Gasteiger partial charge on any atom is -0.453 e. The normalized spacial score (nSPS) is 12.2. The largest absolute Gasteiger partial charge is 0.453 e. The monoisotopic (exact) mass is 484 g/mol. The first kappa shape index (κ1) is 20.0. The van der Waals surface area contributed by atoms with E-state index in [0.717, 1.165) is 44.3 Å². The zero-order chi connectivity index (χ0) is 24.8. The summed E-state index contributed by atoms with van der Waals surface area (Å²) in [5, 5.41) is 7.35. The fourth-order valence-electron chi connectivity index (χ4n) is 6.35. The van der Waals surface area contributed by atoms with Crippen LogP contribution >= 0.6 is 0 Å². The van der Waals surface area contributed by atoms with E-state index in [0.29, 0.717) is 0 Å². The summed E-state index contributed by atoms with van der Waals surface area (Å²) in [6, 6.07) is 40.9. The Morgan fingerprint density at radius 1 is 0.500 bits per heavy atom. The number of furan rings is 1. The lowest BCUT2D eigenvalue weighted by molar-refractivity contribution is 0.669. The Bertz CT molecular complexity index is 2340. The Labute approximate surface area is 217 Å². The van der Waals surface area contributed by atoms with Gasteiger partial charge >= 0.3 is 0 Å². The molecule has 9 rings (SSSR count). The first-order chi connectivity index (χ1) is 18.9. The Balaban J connectivity index is 1.35. The molecule has 5 aromatic carbocycles. The van der Waals surface area contributed by atoms with Crippen molar-refractivity contribution in [1.29, 1.82) is 0 Å². The maximum atomic E-state index is 6.65. The van der Waals surface area contributed by atoms with Crippen LogP contribution < -0.4 is 0 Å². The first-order valence-electron chi connectivity index (χ1n) is 12.9. The molecule has 4 heterocycles. The third-order valence-electron chi connectivity index (χ3n) is 8.00. The van der Waals surface area contributed by atoms with Crippen molar-refractivity contribution in [3.8, 4) is 22.4 Å². The van der Waals surface area contributed by atoms with Gasteiger partial charge in [0.15, 0.2) is 5.58 Å². The minimum atomic E-state index is 0.827. The number of pyridine rings is 1. The predicted molar refractivity (Wildman–Crippen MR) is 157 cm³/mol. The van der Waals surface area contributed by atoms with Crippen LogP contribution in [0.4, 0.5) is 0 Å². The third-order valence-corrected chi connectivity index (χ3v) is 8.00. The second-order valence-corrected chi connectivity index (χ2v) is 9.97. The topological polar surface area (TPSA) is 30.4 Å². The van der Waals surface area contributed by atoms with Gasteiger partial charge in [0.05, 0.1) is 16.6 Å². The SMILES string of the molecule is c1ccc(-c2nccc3c2oc2c(-c4ccc5c6cccc7c8ccccc8n(c5c4)c76)cccc23)cc1. The number of nitrogens with zero attached hydrogens (tertiary/aromatic N) is 2. The Morgan fingerprint density at radius 2 is 1.21 bits per heavy atom. The van der Waals surface area contributed by atoms with E-state index in [4.69, 9.17) is 9.40 Å². The van der Waals surface area contributed by atoms with E-state index in [-0.39, 0.29) is 0 Å². The van der Waals surface area contributed by atoms with E-state index in [1.807, 2.05) is 24.4 Å². The van der Waals surface area contributed by atoms with Crippen molar-refractivity contribution in [2.75, 3.05) is 0 Å². The van der Waals surface area contributed by atoms with Crippen molar-refractivity contribution in [1.82, 2.24) is 9.38 Å². The molecule has 0 fully saturated rings. The average Bonchev–Trinajstić information content (AvgIpc) is 3.64. The molecule has 0 unspecified atom stereocenters. The summed E-state index contributed by atoms with van der Waals surface area (Å²) in [5.74, 6) is 0. The highest BCUT2D eigenvalue weighted by Gasteiger charge is 2.19. The molecule has 0 amide bonds. The lowest BCUT2D eigenvalue weighted by Gasteiger charge is -2.05. The van der Waals surface area contributed by atoms with Crippen molar-refractivity contribution in [3.63, 3.8) is 0 Å². The van der Waals surface area contributed by atoms with Crippen LogP contribution in [0.25, 0.3) is 82.4 Å². The van der Waals surface area contributed by atoms with E-state index in [2.05, 4.69) is 101 Å². The van der Waals surface area contributed by atoms with Gasteiger partial charge in [0.1, 0.15) is 11.3 Å². The number of para-hydroxylation sites is 3. The summed E-state index contributed by atoms with van der Waals surface area (Å²) in [7, 11) is 0. The fraction of sp³-hybridized carbons (Fsp3) is 0. The lowest BCUT2D eigenvalue weighted by Crippen LogP contribution is -1.83. The Hall–Kier alpha value is -5.15. The molecule has 0 bridgehead atoms. The molecule has 0 radical (unpaired) electrons. The van der Waals surface area contributed by atoms with E-state index in [9.17, 15) is 0 Å². The molecule has 4 aromatic heterocycles. The number of benzene rings is 5. The molecule has 3 nitrogen and oxygen atoms in total. The number of aromatic nitrogens is 2. The quantitative estimate of drug-likeness (QED) is 0.245. The molecular formula is C35H20N2O. The van der Waals surface area contributed by atoms with Crippen molar-refractivity contribution in [2.24, 2.45) is 0 Å². The summed E-state index contributed by atoms with van der Waals surface area (Å²) in [4.78, 5) is 4.69. The number of hydrogen-bond donors (Lipinski definition) is 0. The summed E-state index contributed by atoms with van der Waals surface area (Å²) in [6.07, 6.45) is 1.88. The van der Waals surface area contributed by atoms with Crippen molar-refractivity contribution in [2.45, 2.75) is 0 Å². The van der Waals surface area contributed by atoms with Gasteiger partial charge < -0.3 is 8.82 Å². The highest BCUT2D eigenvalue weighted by molar-refractivity contribution is 6.23. The van der Waals surface area contributed by atoms with Crippen LogP contribution in [0.1, 0.15) is 0 Å². The van der Waals surface area contributed by atoms with Gasteiger partial charge in [0, 0.05) is 49.6 Å². The van der Waals surface area contributed by atoms with Crippen molar-refractivity contribution >= 4 is 60.0 Å². The second-order valence-electron chi connectivity index (χ2n) is 9.97. The summed E-state index contributed by atoms with van der Waals surface area (Å²) in [6.45, 7) is 0. The second kappa shape index (κ2) is 7.21. The molecule has 0 aliphatic rings. The minimum absolute atomic E-state index is 0.827. The predicted octanol–water partition coefficient (Wildman–Crippen LogP) is 9.47. The molecule has 0 N–H and O–H groups in total. The average molecular weight is 485 g/mol. The molecule has 0 atom stereocenters.